The lowest BCUT2D eigenvalue weighted by molar-refractivity contribution is -0.0481. The van der Waals surface area contributed by atoms with Gasteiger partial charge in [-0.3, -0.25) is 4.90 Å². The van der Waals surface area contributed by atoms with Gasteiger partial charge in [0.05, 0.1) is 12.7 Å². The molecule has 2 aliphatic heterocycles. The maximum absolute atomic E-state index is 5.98. The summed E-state index contributed by atoms with van der Waals surface area (Å²) in [5.74, 6) is 0. The molecule has 0 aromatic heterocycles. The zero-order chi connectivity index (χ0) is 11.5. The van der Waals surface area contributed by atoms with Crippen LogP contribution >= 0.6 is 0 Å². The number of hydrogen-bond acceptors (Lipinski definition) is 3. The van der Waals surface area contributed by atoms with Crippen LogP contribution in [0.2, 0.25) is 0 Å². The molecule has 0 radical (unpaired) electrons. The summed E-state index contributed by atoms with van der Waals surface area (Å²) in [7, 11) is 0. The second-order valence-corrected chi connectivity index (χ2v) is 5.99. The van der Waals surface area contributed by atoms with Crippen LogP contribution in [-0.2, 0) is 4.74 Å². The SMILES string of the molecule is C1CCC(NCC2CN3CCCC3CO2)CC1. The van der Waals surface area contributed by atoms with E-state index in [0.29, 0.717) is 6.10 Å². The molecule has 3 fully saturated rings. The average molecular weight is 238 g/mol. The van der Waals surface area contributed by atoms with Gasteiger partial charge < -0.3 is 10.1 Å². The van der Waals surface area contributed by atoms with Crippen LogP contribution in [0.25, 0.3) is 0 Å². The summed E-state index contributed by atoms with van der Waals surface area (Å²) < 4.78 is 5.98. The van der Waals surface area contributed by atoms with Crippen LogP contribution in [-0.4, -0.2) is 49.3 Å². The summed E-state index contributed by atoms with van der Waals surface area (Å²) in [5, 5.41) is 3.72. The first kappa shape index (κ1) is 11.9. The Bertz CT molecular complexity index is 240. The van der Waals surface area contributed by atoms with Crippen LogP contribution < -0.4 is 5.32 Å². The van der Waals surface area contributed by atoms with Crippen molar-refractivity contribution in [3.8, 4) is 0 Å². The molecule has 0 amide bonds. The predicted molar refractivity (Wildman–Crippen MR) is 69.2 cm³/mol. The van der Waals surface area contributed by atoms with Gasteiger partial charge in [0, 0.05) is 25.2 Å². The van der Waals surface area contributed by atoms with Gasteiger partial charge >= 0.3 is 0 Å². The van der Waals surface area contributed by atoms with E-state index in [2.05, 4.69) is 10.2 Å². The molecule has 1 saturated carbocycles. The molecule has 3 aliphatic rings. The molecule has 2 unspecified atom stereocenters. The summed E-state index contributed by atoms with van der Waals surface area (Å²) in [5.41, 5.74) is 0. The quantitative estimate of drug-likeness (QED) is 0.811. The molecule has 3 nitrogen and oxygen atoms in total. The first-order chi connectivity index (χ1) is 8.42. The average Bonchev–Trinajstić information content (AvgIpc) is 2.85. The van der Waals surface area contributed by atoms with Crippen molar-refractivity contribution in [2.24, 2.45) is 0 Å². The Kier molecular flexibility index (Phi) is 3.99. The fourth-order valence-electron chi connectivity index (χ4n) is 3.61. The second kappa shape index (κ2) is 5.68. The van der Waals surface area contributed by atoms with E-state index < -0.39 is 0 Å². The third-order valence-electron chi connectivity index (χ3n) is 4.70. The molecule has 2 atom stereocenters. The normalized spacial score (nSPS) is 36.0. The molecule has 17 heavy (non-hydrogen) atoms. The van der Waals surface area contributed by atoms with E-state index in [1.54, 1.807) is 0 Å². The molecule has 1 aliphatic carbocycles. The van der Waals surface area contributed by atoms with E-state index in [1.165, 1.54) is 51.5 Å². The Labute approximate surface area is 105 Å². The van der Waals surface area contributed by atoms with Crippen molar-refractivity contribution in [1.82, 2.24) is 10.2 Å². The molecule has 98 valence electrons. The van der Waals surface area contributed by atoms with Crippen LogP contribution in [0.3, 0.4) is 0 Å². The fraction of sp³-hybridized carbons (Fsp3) is 1.00. The van der Waals surface area contributed by atoms with E-state index in [-0.39, 0.29) is 0 Å². The topological polar surface area (TPSA) is 24.5 Å². The first-order valence-electron chi connectivity index (χ1n) is 7.51. The van der Waals surface area contributed by atoms with E-state index in [9.17, 15) is 0 Å². The maximum atomic E-state index is 5.98. The van der Waals surface area contributed by atoms with Crippen LogP contribution in [0.4, 0.5) is 0 Å². The van der Waals surface area contributed by atoms with Crippen LogP contribution in [0.5, 0.6) is 0 Å². The Morgan fingerprint density at radius 3 is 2.82 bits per heavy atom. The van der Waals surface area contributed by atoms with Crippen molar-refractivity contribution < 1.29 is 4.74 Å². The molecule has 3 heteroatoms. The fourth-order valence-corrected chi connectivity index (χ4v) is 3.61. The number of fused-ring (bicyclic) bond motifs is 1. The Hall–Kier alpha value is -0.120. The monoisotopic (exact) mass is 238 g/mol. The highest BCUT2D eigenvalue weighted by atomic mass is 16.5. The van der Waals surface area contributed by atoms with E-state index in [0.717, 1.165) is 31.8 Å². The number of nitrogens with zero attached hydrogens (tertiary/aromatic N) is 1. The molecular weight excluding hydrogens is 212 g/mol. The smallest absolute Gasteiger partial charge is 0.0827 e. The highest BCUT2D eigenvalue weighted by Gasteiger charge is 2.32. The van der Waals surface area contributed by atoms with Crippen molar-refractivity contribution in [3.05, 3.63) is 0 Å². The predicted octanol–water partition coefficient (Wildman–Crippen LogP) is 1.77. The van der Waals surface area contributed by atoms with Crippen molar-refractivity contribution in [2.75, 3.05) is 26.2 Å². The van der Waals surface area contributed by atoms with Crippen molar-refractivity contribution in [3.63, 3.8) is 0 Å². The van der Waals surface area contributed by atoms with E-state index in [4.69, 9.17) is 4.74 Å². The van der Waals surface area contributed by atoms with Gasteiger partial charge in [-0.25, -0.2) is 0 Å². The zero-order valence-electron chi connectivity index (χ0n) is 10.9. The van der Waals surface area contributed by atoms with Gasteiger partial charge in [0.1, 0.15) is 0 Å². The van der Waals surface area contributed by atoms with Crippen molar-refractivity contribution >= 4 is 0 Å². The van der Waals surface area contributed by atoms with Crippen molar-refractivity contribution in [1.29, 1.82) is 0 Å². The van der Waals surface area contributed by atoms with Gasteiger partial charge in [-0.1, -0.05) is 19.3 Å². The van der Waals surface area contributed by atoms with Crippen LogP contribution in [0.15, 0.2) is 0 Å². The lowest BCUT2D eigenvalue weighted by Gasteiger charge is -2.36. The minimum absolute atomic E-state index is 0.436. The van der Waals surface area contributed by atoms with Gasteiger partial charge in [0.15, 0.2) is 0 Å². The standard InChI is InChI=1S/C14H26N2O/c1-2-5-12(6-3-1)15-9-14-10-16-8-4-7-13(16)11-17-14/h12-15H,1-11H2. The summed E-state index contributed by atoms with van der Waals surface area (Å²) >= 11 is 0. The lowest BCUT2D eigenvalue weighted by Crippen LogP contribution is -2.50. The van der Waals surface area contributed by atoms with E-state index in [1.807, 2.05) is 0 Å². The summed E-state index contributed by atoms with van der Waals surface area (Å²) in [6.07, 6.45) is 10.2. The highest BCUT2D eigenvalue weighted by Crippen LogP contribution is 2.23. The number of nitrogens with one attached hydrogen (secondary N) is 1. The molecule has 2 saturated heterocycles. The van der Waals surface area contributed by atoms with Gasteiger partial charge in [0.2, 0.25) is 0 Å². The van der Waals surface area contributed by atoms with Gasteiger partial charge in [-0.15, -0.1) is 0 Å². The van der Waals surface area contributed by atoms with Gasteiger partial charge in [0.25, 0.3) is 0 Å². The molecule has 2 heterocycles. The molecule has 0 aromatic rings. The molecule has 1 N–H and O–H groups in total. The minimum Gasteiger partial charge on any atom is -0.374 e. The summed E-state index contributed by atoms with van der Waals surface area (Å²) in [4.78, 5) is 2.64. The third-order valence-corrected chi connectivity index (χ3v) is 4.70. The lowest BCUT2D eigenvalue weighted by atomic mass is 9.95. The first-order valence-corrected chi connectivity index (χ1v) is 7.51. The molecule has 3 rings (SSSR count). The molecule has 0 bridgehead atoms. The van der Waals surface area contributed by atoms with Crippen LogP contribution in [0, 0.1) is 0 Å². The largest absolute Gasteiger partial charge is 0.374 e. The van der Waals surface area contributed by atoms with Crippen molar-refractivity contribution in [2.45, 2.75) is 63.1 Å². The van der Waals surface area contributed by atoms with Gasteiger partial charge in [-0.05, 0) is 32.2 Å². The summed E-state index contributed by atoms with van der Waals surface area (Å²) in [6.45, 7) is 4.49. The third kappa shape index (κ3) is 3.01. The molecule has 0 spiro atoms. The Balaban J connectivity index is 1.40. The zero-order valence-corrected chi connectivity index (χ0v) is 10.9. The van der Waals surface area contributed by atoms with Crippen LogP contribution in [0.1, 0.15) is 44.9 Å². The number of ether oxygens (including phenoxy) is 1. The number of hydrogen-bond donors (Lipinski definition) is 1. The minimum atomic E-state index is 0.436. The second-order valence-electron chi connectivity index (χ2n) is 5.99. The Morgan fingerprint density at radius 1 is 1.06 bits per heavy atom. The number of morpholine rings is 1. The molecule has 0 aromatic carbocycles. The Morgan fingerprint density at radius 2 is 1.94 bits per heavy atom. The van der Waals surface area contributed by atoms with Gasteiger partial charge in [-0.2, -0.15) is 0 Å². The highest BCUT2D eigenvalue weighted by molar-refractivity contribution is 4.86. The molecular formula is C14H26N2O. The maximum Gasteiger partial charge on any atom is 0.0827 e. The van der Waals surface area contributed by atoms with E-state index >= 15 is 0 Å². The summed E-state index contributed by atoms with van der Waals surface area (Å²) in [6, 6.07) is 1.50. The number of rotatable bonds is 3.